The van der Waals surface area contributed by atoms with E-state index in [4.69, 9.17) is 0 Å². The van der Waals surface area contributed by atoms with E-state index in [0.29, 0.717) is 5.92 Å². The summed E-state index contributed by atoms with van der Waals surface area (Å²) in [6.45, 7) is 6.07. The molecule has 1 heterocycles. The van der Waals surface area contributed by atoms with Crippen molar-refractivity contribution in [2.45, 2.75) is 32.7 Å². The van der Waals surface area contributed by atoms with Gasteiger partial charge in [0.05, 0.1) is 0 Å². The minimum atomic E-state index is -0.167. The summed E-state index contributed by atoms with van der Waals surface area (Å²) in [5, 5.41) is 11.0. The van der Waals surface area contributed by atoms with E-state index >= 15 is 0 Å². The Bertz CT molecular complexity index is 149. The average Bonchev–Trinajstić information content (AvgIpc) is 1.96. The largest absolute Gasteiger partial charge is 0.624 e. The molecule has 2 heteroatoms. The zero-order valence-electron chi connectivity index (χ0n) is 6.22. The van der Waals surface area contributed by atoms with Crippen LogP contribution in [0.15, 0.2) is 0 Å². The van der Waals surface area contributed by atoms with Crippen molar-refractivity contribution < 1.29 is 4.74 Å². The van der Waals surface area contributed by atoms with Crippen LogP contribution in [0.1, 0.15) is 27.2 Å². The van der Waals surface area contributed by atoms with Crippen molar-refractivity contribution in [1.82, 2.24) is 0 Å². The summed E-state index contributed by atoms with van der Waals surface area (Å²) in [5.41, 5.74) is -0.167. The van der Waals surface area contributed by atoms with E-state index in [1.807, 2.05) is 13.8 Å². The van der Waals surface area contributed by atoms with E-state index in [2.05, 4.69) is 6.92 Å². The summed E-state index contributed by atoms with van der Waals surface area (Å²) in [6, 6.07) is 0. The first kappa shape index (κ1) is 6.59. The topological polar surface area (TPSA) is 26.1 Å². The Morgan fingerprint density at radius 3 is 2.33 bits per heavy atom. The summed E-state index contributed by atoms with van der Waals surface area (Å²) in [5.74, 6) is 0.495. The molecule has 0 aliphatic carbocycles. The summed E-state index contributed by atoms with van der Waals surface area (Å²) < 4.78 is 1.07. The highest BCUT2D eigenvalue weighted by Gasteiger charge is 2.38. The van der Waals surface area contributed by atoms with Crippen LogP contribution < -0.4 is 0 Å². The van der Waals surface area contributed by atoms with E-state index in [9.17, 15) is 5.21 Å². The van der Waals surface area contributed by atoms with Gasteiger partial charge in [-0.2, -0.15) is 0 Å². The minimum absolute atomic E-state index is 0.167. The van der Waals surface area contributed by atoms with Crippen molar-refractivity contribution in [3.05, 3.63) is 5.21 Å². The number of hydroxylamine groups is 1. The third kappa shape index (κ3) is 0.824. The fraction of sp³-hybridized carbons (Fsp3) is 0.857. The highest BCUT2D eigenvalue weighted by Crippen LogP contribution is 2.26. The molecular weight excluding hydrogens is 114 g/mol. The van der Waals surface area contributed by atoms with E-state index < -0.39 is 0 Å². The first-order chi connectivity index (χ1) is 4.05. The molecule has 52 valence electrons. The molecule has 0 aromatic rings. The smallest absolute Gasteiger partial charge is 0.170 e. The van der Waals surface area contributed by atoms with Gasteiger partial charge in [-0.1, -0.05) is 6.92 Å². The van der Waals surface area contributed by atoms with Crippen LogP contribution in [0.2, 0.25) is 0 Å². The Hall–Kier alpha value is -0.530. The van der Waals surface area contributed by atoms with Crippen LogP contribution in [0.3, 0.4) is 0 Å². The molecule has 1 atom stereocenters. The van der Waals surface area contributed by atoms with Crippen molar-refractivity contribution in [3.63, 3.8) is 0 Å². The van der Waals surface area contributed by atoms with Crippen molar-refractivity contribution in [1.29, 1.82) is 0 Å². The predicted octanol–water partition coefficient (Wildman–Crippen LogP) is 1.39. The van der Waals surface area contributed by atoms with E-state index in [1.165, 1.54) is 0 Å². The maximum absolute atomic E-state index is 11.0. The van der Waals surface area contributed by atoms with Gasteiger partial charge in [-0.05, 0) is 0 Å². The molecule has 1 rings (SSSR count). The van der Waals surface area contributed by atoms with Gasteiger partial charge >= 0.3 is 0 Å². The number of hydrogen-bond donors (Lipinski definition) is 0. The number of hydrogen-bond acceptors (Lipinski definition) is 1. The molecule has 1 aliphatic rings. The maximum atomic E-state index is 11.0. The van der Waals surface area contributed by atoms with Crippen LogP contribution in [-0.2, 0) is 0 Å². The second kappa shape index (κ2) is 1.72. The van der Waals surface area contributed by atoms with Gasteiger partial charge in [0.25, 0.3) is 0 Å². The molecule has 0 fully saturated rings. The van der Waals surface area contributed by atoms with Gasteiger partial charge in [-0.15, -0.1) is 0 Å². The third-order valence-electron chi connectivity index (χ3n) is 2.40. The molecule has 0 aromatic heterocycles. The molecule has 0 radical (unpaired) electrons. The standard InChI is InChI=1S/C7H13NO/c1-6-4-5-8(9)7(6,2)3/h5-6H,4H2,1-3H3. The maximum Gasteiger partial charge on any atom is 0.170 e. The Labute approximate surface area is 55.8 Å². The molecule has 0 bridgehead atoms. The molecule has 1 unspecified atom stereocenters. The van der Waals surface area contributed by atoms with Gasteiger partial charge in [0.15, 0.2) is 11.8 Å². The fourth-order valence-electron chi connectivity index (χ4n) is 0.995. The van der Waals surface area contributed by atoms with Gasteiger partial charge in [0.2, 0.25) is 0 Å². The first-order valence-electron chi connectivity index (χ1n) is 3.35. The van der Waals surface area contributed by atoms with Crippen LogP contribution in [0, 0.1) is 11.1 Å². The molecular formula is C7H13NO. The summed E-state index contributed by atoms with van der Waals surface area (Å²) in [4.78, 5) is 0. The van der Waals surface area contributed by atoms with Crippen molar-refractivity contribution in [2.75, 3.05) is 0 Å². The van der Waals surface area contributed by atoms with Gasteiger partial charge in [0.1, 0.15) is 0 Å². The van der Waals surface area contributed by atoms with E-state index in [-0.39, 0.29) is 5.54 Å². The molecule has 0 saturated heterocycles. The monoisotopic (exact) mass is 127 g/mol. The van der Waals surface area contributed by atoms with Crippen LogP contribution in [-0.4, -0.2) is 16.5 Å². The van der Waals surface area contributed by atoms with Crippen LogP contribution in [0.4, 0.5) is 0 Å². The van der Waals surface area contributed by atoms with Crippen molar-refractivity contribution >= 4 is 6.21 Å². The van der Waals surface area contributed by atoms with Crippen LogP contribution in [0.5, 0.6) is 0 Å². The highest BCUT2D eigenvalue weighted by molar-refractivity contribution is 5.54. The minimum Gasteiger partial charge on any atom is -0.624 e. The highest BCUT2D eigenvalue weighted by atomic mass is 16.5. The van der Waals surface area contributed by atoms with Crippen molar-refractivity contribution in [3.8, 4) is 0 Å². The second-order valence-electron chi connectivity index (χ2n) is 3.30. The molecule has 1 aliphatic heterocycles. The van der Waals surface area contributed by atoms with Gasteiger partial charge in [-0.3, -0.25) is 0 Å². The fourth-order valence-corrected chi connectivity index (χ4v) is 0.995. The lowest BCUT2D eigenvalue weighted by Gasteiger charge is -2.22. The Kier molecular flexibility index (Phi) is 1.26. The van der Waals surface area contributed by atoms with Crippen LogP contribution >= 0.6 is 0 Å². The molecule has 0 amide bonds. The zero-order valence-corrected chi connectivity index (χ0v) is 6.22. The molecule has 0 aromatic carbocycles. The number of nitrogens with zero attached hydrogens (tertiary/aromatic N) is 1. The Morgan fingerprint density at radius 2 is 2.22 bits per heavy atom. The Balaban J connectivity index is 2.81. The van der Waals surface area contributed by atoms with Gasteiger partial charge in [-0.25, -0.2) is 4.74 Å². The van der Waals surface area contributed by atoms with Gasteiger partial charge < -0.3 is 5.21 Å². The molecule has 9 heavy (non-hydrogen) atoms. The average molecular weight is 127 g/mol. The molecule has 0 spiro atoms. The first-order valence-corrected chi connectivity index (χ1v) is 3.35. The lowest BCUT2D eigenvalue weighted by molar-refractivity contribution is -0.535. The SMILES string of the molecule is CC1CC=[N+]([O-])C1(C)C. The lowest BCUT2D eigenvalue weighted by atomic mass is 9.91. The van der Waals surface area contributed by atoms with E-state index in [1.54, 1.807) is 6.21 Å². The van der Waals surface area contributed by atoms with Crippen molar-refractivity contribution in [2.24, 2.45) is 5.92 Å². The number of rotatable bonds is 0. The normalized spacial score (nSPS) is 32.3. The quantitative estimate of drug-likeness (QED) is 0.356. The predicted molar refractivity (Wildman–Crippen MR) is 37.6 cm³/mol. The van der Waals surface area contributed by atoms with Crippen LogP contribution in [0.25, 0.3) is 0 Å². The summed E-state index contributed by atoms with van der Waals surface area (Å²) >= 11 is 0. The summed E-state index contributed by atoms with van der Waals surface area (Å²) in [7, 11) is 0. The zero-order chi connectivity index (χ0) is 7.07. The Morgan fingerprint density at radius 1 is 1.67 bits per heavy atom. The van der Waals surface area contributed by atoms with E-state index in [0.717, 1.165) is 11.2 Å². The summed E-state index contributed by atoms with van der Waals surface area (Å²) in [6.07, 6.45) is 2.65. The molecule has 0 N–H and O–H groups in total. The molecule has 0 saturated carbocycles. The molecule has 2 nitrogen and oxygen atoms in total. The lowest BCUT2D eigenvalue weighted by Crippen LogP contribution is -2.33. The second-order valence-corrected chi connectivity index (χ2v) is 3.30. The van der Waals surface area contributed by atoms with Gasteiger partial charge in [0, 0.05) is 26.2 Å². The third-order valence-corrected chi connectivity index (χ3v) is 2.40.